The van der Waals surface area contributed by atoms with Crippen LogP contribution in [0.4, 0.5) is 0 Å². The predicted molar refractivity (Wildman–Crippen MR) is 51.2 cm³/mol. The van der Waals surface area contributed by atoms with Crippen molar-refractivity contribution in [3.63, 3.8) is 0 Å². The van der Waals surface area contributed by atoms with Crippen molar-refractivity contribution < 1.29 is 4.79 Å². The highest BCUT2D eigenvalue weighted by Crippen LogP contribution is 2.13. The molecule has 0 spiro atoms. The molecule has 0 saturated carbocycles. The number of carbonyl (C=O) groups is 1. The molecule has 14 heavy (non-hydrogen) atoms. The van der Waals surface area contributed by atoms with Crippen molar-refractivity contribution >= 4 is 16.7 Å². The molecule has 0 aliphatic rings. The van der Waals surface area contributed by atoms with Crippen LogP contribution in [0, 0.1) is 5.39 Å². The Morgan fingerprint density at radius 1 is 1.29 bits per heavy atom. The molecule has 0 aliphatic heterocycles. The first-order valence-corrected chi connectivity index (χ1v) is 4.05. The highest BCUT2D eigenvalue weighted by molar-refractivity contribution is 6.01. The summed E-state index contributed by atoms with van der Waals surface area (Å²) in [5.41, 5.74) is 0.145. The lowest BCUT2D eigenvalue weighted by molar-refractivity contribution is 0.103. The van der Waals surface area contributed by atoms with Crippen LogP contribution in [0.5, 0.6) is 0 Å². The van der Waals surface area contributed by atoms with Gasteiger partial charge in [0.05, 0.1) is 0 Å². The summed E-state index contributed by atoms with van der Waals surface area (Å²) >= 11 is 0. The summed E-state index contributed by atoms with van der Waals surface area (Å²) in [5.74, 6) is -0.726. The fourth-order valence-corrected chi connectivity index (χ4v) is 1.25. The van der Waals surface area contributed by atoms with E-state index < -0.39 is 5.91 Å². The summed E-state index contributed by atoms with van der Waals surface area (Å²) in [6.07, 6.45) is 1.58. The van der Waals surface area contributed by atoms with Crippen molar-refractivity contribution in [2.24, 2.45) is 0 Å². The molecule has 1 amide bonds. The molecule has 1 aromatic heterocycles. The highest BCUT2D eigenvalue weighted by Gasteiger charge is 2.19. The minimum atomic E-state index is -0.726. The van der Waals surface area contributed by atoms with Gasteiger partial charge in [-0.3, -0.25) is 0 Å². The molecule has 2 rings (SSSR count). The number of hydrogen-bond donors (Lipinski definition) is 0. The van der Waals surface area contributed by atoms with E-state index in [9.17, 15) is 4.79 Å². The number of fused-ring (bicyclic) bond motifs is 1. The van der Waals surface area contributed by atoms with Gasteiger partial charge < -0.3 is 0 Å². The Kier molecular flexibility index (Phi) is 1.92. The van der Waals surface area contributed by atoms with Crippen molar-refractivity contribution in [3.05, 3.63) is 47.2 Å². The Hall–Kier alpha value is -2.28. The van der Waals surface area contributed by atoms with Gasteiger partial charge in [0.15, 0.2) is 0 Å². The van der Waals surface area contributed by atoms with Gasteiger partial charge in [-0.15, -0.1) is 0 Å². The Balaban J connectivity index is 2.64. The van der Waals surface area contributed by atoms with E-state index in [0.29, 0.717) is 0 Å². The number of diazo groups is 1. The maximum absolute atomic E-state index is 11.0. The first-order chi connectivity index (χ1) is 6.81. The van der Waals surface area contributed by atoms with Gasteiger partial charge in [-0.25, -0.2) is 4.98 Å². The third-order valence-electron chi connectivity index (χ3n) is 1.94. The molecule has 2 aromatic rings. The summed E-state index contributed by atoms with van der Waals surface area (Å²) in [4.78, 5) is 17.4. The smallest absolute Gasteiger partial charge is 0.244 e. The van der Waals surface area contributed by atoms with Crippen LogP contribution >= 0.6 is 0 Å². The third-order valence-corrected chi connectivity index (χ3v) is 1.94. The summed E-state index contributed by atoms with van der Waals surface area (Å²) in [7, 11) is 0. The van der Waals surface area contributed by atoms with Crippen LogP contribution in [-0.4, -0.2) is 10.9 Å². The maximum atomic E-state index is 11.0. The topological polar surface area (TPSA) is 58.1 Å². The van der Waals surface area contributed by atoms with Crippen molar-refractivity contribution in [3.8, 4) is 0 Å². The van der Waals surface area contributed by atoms with Gasteiger partial charge in [-0.05, 0) is 11.5 Å². The molecule has 1 aromatic carbocycles. The number of pyridine rings is 1. The van der Waals surface area contributed by atoms with Crippen LogP contribution in [0.2, 0.25) is 0 Å². The fourth-order valence-electron chi connectivity index (χ4n) is 1.25. The standard InChI is InChI=1S/C10H6N3O/c11-13-10(14)9-5-7-3-1-2-4-8(7)6-12-9/h1-6H/q+1. The lowest BCUT2D eigenvalue weighted by atomic mass is 10.1. The van der Waals surface area contributed by atoms with Gasteiger partial charge in [-0.1, -0.05) is 24.3 Å². The van der Waals surface area contributed by atoms with Crippen LogP contribution in [0.25, 0.3) is 15.7 Å². The van der Waals surface area contributed by atoms with Crippen molar-refractivity contribution in [1.82, 2.24) is 4.98 Å². The molecule has 0 fully saturated rings. The van der Waals surface area contributed by atoms with Crippen LogP contribution in [0.15, 0.2) is 36.5 Å². The molecule has 0 N–H and O–H groups in total. The normalized spacial score (nSPS) is 9.64. The largest absolute Gasteiger partial charge is 0.611 e. The highest BCUT2D eigenvalue weighted by atomic mass is 16.1. The number of rotatable bonds is 1. The quantitative estimate of drug-likeness (QED) is 0.638. The molecule has 66 valence electrons. The van der Waals surface area contributed by atoms with E-state index in [0.717, 1.165) is 10.8 Å². The second-order valence-electron chi connectivity index (χ2n) is 2.82. The first kappa shape index (κ1) is 8.32. The molecule has 4 nitrogen and oxygen atoms in total. The molecular formula is C10H6N3O+. The zero-order valence-electron chi connectivity index (χ0n) is 7.21. The zero-order chi connectivity index (χ0) is 9.97. The van der Waals surface area contributed by atoms with Gasteiger partial charge in [-0.2, -0.15) is 4.79 Å². The average molecular weight is 184 g/mol. The second kappa shape index (κ2) is 3.23. The van der Waals surface area contributed by atoms with Gasteiger partial charge in [0, 0.05) is 11.6 Å². The second-order valence-corrected chi connectivity index (χ2v) is 2.82. The first-order valence-electron chi connectivity index (χ1n) is 4.05. The minimum absolute atomic E-state index is 0.145. The Morgan fingerprint density at radius 2 is 2.00 bits per heavy atom. The summed E-state index contributed by atoms with van der Waals surface area (Å²) in [5, 5.41) is 10.1. The number of benzene rings is 1. The minimum Gasteiger partial charge on any atom is -0.244 e. The van der Waals surface area contributed by atoms with E-state index in [-0.39, 0.29) is 5.69 Å². The Labute approximate surface area is 79.8 Å². The van der Waals surface area contributed by atoms with E-state index in [1.165, 1.54) is 0 Å². The lowest BCUT2D eigenvalue weighted by Crippen LogP contribution is -1.95. The zero-order valence-corrected chi connectivity index (χ0v) is 7.21. The SMILES string of the molecule is N#[N+]C(=O)c1cc2ccccc2cn1. The van der Waals surface area contributed by atoms with E-state index in [1.54, 1.807) is 12.3 Å². The fraction of sp³-hybridized carbons (Fsp3) is 0. The maximum Gasteiger partial charge on any atom is 0.611 e. The number of nitrogens with zero attached hydrogens (tertiary/aromatic N) is 3. The van der Waals surface area contributed by atoms with Crippen LogP contribution in [0.3, 0.4) is 0 Å². The van der Waals surface area contributed by atoms with Crippen LogP contribution in [0.1, 0.15) is 10.5 Å². The molecule has 1 heterocycles. The van der Waals surface area contributed by atoms with Crippen molar-refractivity contribution in [2.45, 2.75) is 0 Å². The van der Waals surface area contributed by atoms with Crippen LogP contribution in [-0.2, 0) is 0 Å². The van der Waals surface area contributed by atoms with E-state index >= 15 is 0 Å². The van der Waals surface area contributed by atoms with E-state index in [1.807, 2.05) is 24.3 Å². The molecule has 0 aliphatic carbocycles. The molecule has 0 bridgehead atoms. The van der Waals surface area contributed by atoms with Gasteiger partial charge >= 0.3 is 5.91 Å². The molecule has 4 heteroatoms. The molecule has 0 atom stereocenters. The number of carbonyl (C=O) groups excluding carboxylic acids is 1. The monoisotopic (exact) mass is 184 g/mol. The van der Waals surface area contributed by atoms with Gasteiger partial charge in [0.25, 0.3) is 0 Å². The number of aromatic nitrogens is 1. The van der Waals surface area contributed by atoms with Gasteiger partial charge in [0.1, 0.15) is 0 Å². The Morgan fingerprint density at radius 3 is 2.71 bits per heavy atom. The lowest BCUT2D eigenvalue weighted by Gasteiger charge is -1.94. The van der Waals surface area contributed by atoms with E-state index in [4.69, 9.17) is 5.39 Å². The third kappa shape index (κ3) is 1.31. The summed E-state index contributed by atoms with van der Waals surface area (Å²) in [6.45, 7) is 0. The van der Waals surface area contributed by atoms with Gasteiger partial charge in [0.2, 0.25) is 16.1 Å². The van der Waals surface area contributed by atoms with E-state index in [2.05, 4.69) is 9.96 Å². The molecular weight excluding hydrogens is 178 g/mol. The average Bonchev–Trinajstić information content (AvgIpc) is 2.27. The van der Waals surface area contributed by atoms with Crippen LogP contribution < -0.4 is 0 Å². The van der Waals surface area contributed by atoms with Crippen molar-refractivity contribution in [2.75, 3.05) is 0 Å². The Bertz CT molecular complexity index is 542. The van der Waals surface area contributed by atoms with Crippen molar-refractivity contribution in [1.29, 1.82) is 5.39 Å². The summed E-state index contributed by atoms with van der Waals surface area (Å²) in [6, 6.07) is 9.11. The number of hydrogen-bond acceptors (Lipinski definition) is 3. The molecule has 0 unspecified atom stereocenters. The molecule has 0 saturated heterocycles. The molecule has 0 radical (unpaired) electrons. The predicted octanol–water partition coefficient (Wildman–Crippen LogP) is 2.23. The number of amides is 1. The summed E-state index contributed by atoms with van der Waals surface area (Å²) < 4.78 is 0.